The van der Waals surface area contributed by atoms with E-state index in [0.29, 0.717) is 10.4 Å². The molecule has 4 rings (SSSR count). The number of hydrogen-bond donors (Lipinski definition) is 3. The Kier molecular flexibility index (Phi) is 7.63. The van der Waals surface area contributed by atoms with Crippen molar-refractivity contribution in [1.82, 2.24) is 14.3 Å². The molecule has 182 valence electrons. The number of amides is 2. The van der Waals surface area contributed by atoms with E-state index in [0.717, 1.165) is 23.4 Å². The molecular weight excluding hydrogens is 561 g/mol. The molecule has 2 amide bonds. The van der Waals surface area contributed by atoms with Gasteiger partial charge in [-0.2, -0.15) is 5.90 Å². The standard InChI is InChI=1S/C19H13Cl2N5O6S3/c20-13-7-10(24-19(28)25-35(29,30)17-6-5-16(21)33-17)1-4-15(13)26-9-23-14-3-2-11(34-32-31-22)8-12(14)18(26)27/h1-9H,22H2,(H2,24,25,28). The molecule has 0 aliphatic heterocycles. The number of thiophene rings is 1. The molecular formula is C19H13Cl2N5O6S3. The molecule has 0 aliphatic rings. The van der Waals surface area contributed by atoms with E-state index >= 15 is 0 Å². The predicted octanol–water partition coefficient (Wildman–Crippen LogP) is 4.09. The minimum Gasteiger partial charge on any atom is -0.307 e. The van der Waals surface area contributed by atoms with Crippen LogP contribution in [0.4, 0.5) is 10.5 Å². The number of nitrogens with two attached hydrogens (primary N) is 1. The number of sulfonamides is 1. The van der Waals surface area contributed by atoms with Crippen LogP contribution in [0.1, 0.15) is 0 Å². The first-order chi connectivity index (χ1) is 16.7. The van der Waals surface area contributed by atoms with Crippen LogP contribution >= 0.6 is 46.6 Å². The molecule has 2 heterocycles. The van der Waals surface area contributed by atoms with Crippen LogP contribution in [0.3, 0.4) is 0 Å². The van der Waals surface area contributed by atoms with Crippen LogP contribution in [0.25, 0.3) is 16.6 Å². The van der Waals surface area contributed by atoms with Gasteiger partial charge in [0.05, 0.1) is 38.0 Å². The van der Waals surface area contributed by atoms with Gasteiger partial charge in [0.15, 0.2) is 0 Å². The van der Waals surface area contributed by atoms with Gasteiger partial charge < -0.3 is 5.32 Å². The van der Waals surface area contributed by atoms with Gasteiger partial charge in [0.25, 0.3) is 15.6 Å². The highest BCUT2D eigenvalue weighted by atomic mass is 35.5. The summed E-state index contributed by atoms with van der Waals surface area (Å²) in [6.45, 7) is 0. The van der Waals surface area contributed by atoms with Gasteiger partial charge >= 0.3 is 6.03 Å². The summed E-state index contributed by atoms with van der Waals surface area (Å²) < 4.78 is 32.4. The highest BCUT2D eigenvalue weighted by molar-refractivity contribution is 7.94. The molecule has 0 unspecified atom stereocenters. The second-order valence-corrected chi connectivity index (χ2v) is 11.4. The summed E-state index contributed by atoms with van der Waals surface area (Å²) in [7, 11) is -4.10. The smallest absolute Gasteiger partial charge is 0.307 e. The maximum Gasteiger partial charge on any atom is 0.333 e. The molecule has 35 heavy (non-hydrogen) atoms. The zero-order valence-corrected chi connectivity index (χ0v) is 21.1. The van der Waals surface area contributed by atoms with Crippen molar-refractivity contribution >= 4 is 79.2 Å². The SMILES string of the molecule is NOOSc1ccc2ncn(-c3ccc(NC(=O)NS(=O)(=O)c4ccc(Cl)s4)cc3Cl)c(=O)c2c1. The van der Waals surface area contributed by atoms with Crippen molar-refractivity contribution < 1.29 is 22.5 Å². The Bertz CT molecular complexity index is 1590. The largest absolute Gasteiger partial charge is 0.333 e. The van der Waals surface area contributed by atoms with E-state index in [1.165, 1.54) is 41.2 Å². The summed E-state index contributed by atoms with van der Waals surface area (Å²) in [5, 5.41) is 2.77. The summed E-state index contributed by atoms with van der Waals surface area (Å²) in [6, 6.07) is 10.8. The molecule has 2 aromatic carbocycles. The fraction of sp³-hybridized carbons (Fsp3) is 0. The first kappa shape index (κ1) is 25.4. The summed E-state index contributed by atoms with van der Waals surface area (Å²) in [6.07, 6.45) is 1.32. The monoisotopic (exact) mass is 573 g/mol. The number of rotatable bonds is 7. The minimum absolute atomic E-state index is 0.101. The lowest BCUT2D eigenvalue weighted by Gasteiger charge is -2.12. The highest BCUT2D eigenvalue weighted by Gasteiger charge is 2.20. The molecule has 0 atom stereocenters. The number of nitrogens with one attached hydrogen (secondary N) is 2. The lowest BCUT2D eigenvalue weighted by Crippen LogP contribution is -2.33. The molecule has 0 radical (unpaired) electrons. The van der Waals surface area contributed by atoms with Crippen LogP contribution in [0.5, 0.6) is 0 Å². The fourth-order valence-electron chi connectivity index (χ4n) is 2.93. The molecule has 4 N–H and O–H groups in total. The molecule has 2 aromatic heterocycles. The predicted molar refractivity (Wildman–Crippen MR) is 133 cm³/mol. The molecule has 11 nitrogen and oxygen atoms in total. The van der Waals surface area contributed by atoms with Gasteiger partial charge in [-0.25, -0.2) is 22.9 Å². The van der Waals surface area contributed by atoms with E-state index in [4.69, 9.17) is 29.1 Å². The molecule has 0 saturated heterocycles. The van der Waals surface area contributed by atoms with Crippen molar-refractivity contribution in [2.45, 2.75) is 9.10 Å². The first-order valence-electron chi connectivity index (χ1n) is 9.28. The van der Waals surface area contributed by atoms with E-state index < -0.39 is 21.6 Å². The van der Waals surface area contributed by atoms with Crippen molar-refractivity contribution in [2.24, 2.45) is 5.90 Å². The lowest BCUT2D eigenvalue weighted by molar-refractivity contribution is -0.195. The summed E-state index contributed by atoms with van der Waals surface area (Å²) in [5.41, 5.74) is 0.517. The maximum absolute atomic E-state index is 13.1. The van der Waals surface area contributed by atoms with E-state index in [1.54, 1.807) is 18.2 Å². The summed E-state index contributed by atoms with van der Waals surface area (Å²) in [5.74, 6) is 4.84. The van der Waals surface area contributed by atoms with E-state index in [1.807, 2.05) is 4.72 Å². The Morgan fingerprint density at radius 1 is 1.14 bits per heavy atom. The molecule has 0 spiro atoms. The normalized spacial score (nSPS) is 11.5. The van der Waals surface area contributed by atoms with Crippen molar-refractivity contribution in [1.29, 1.82) is 0 Å². The topological polar surface area (TPSA) is 155 Å². The van der Waals surface area contributed by atoms with Gasteiger partial charge in [-0.1, -0.05) is 23.2 Å². The average Bonchev–Trinajstić information content (AvgIpc) is 3.26. The van der Waals surface area contributed by atoms with E-state index in [2.05, 4.69) is 19.6 Å². The van der Waals surface area contributed by atoms with Crippen LogP contribution in [0.2, 0.25) is 9.36 Å². The molecule has 0 aliphatic carbocycles. The van der Waals surface area contributed by atoms with E-state index in [-0.39, 0.29) is 30.3 Å². The minimum atomic E-state index is -4.10. The van der Waals surface area contributed by atoms with Crippen LogP contribution in [-0.4, -0.2) is 24.0 Å². The Morgan fingerprint density at radius 2 is 1.94 bits per heavy atom. The van der Waals surface area contributed by atoms with Crippen LogP contribution in [0, 0.1) is 0 Å². The number of carbonyl (C=O) groups excluding carboxylic acids is 1. The van der Waals surface area contributed by atoms with Gasteiger partial charge in [-0.3, -0.25) is 9.36 Å². The van der Waals surface area contributed by atoms with Crippen LogP contribution < -0.4 is 21.5 Å². The molecule has 0 bridgehead atoms. The number of carbonyl (C=O) groups is 1. The summed E-state index contributed by atoms with van der Waals surface area (Å²) >= 11 is 13.7. The van der Waals surface area contributed by atoms with E-state index in [9.17, 15) is 18.0 Å². The van der Waals surface area contributed by atoms with Crippen molar-refractivity contribution in [3.8, 4) is 5.69 Å². The number of hydrogen-bond acceptors (Lipinski definition) is 10. The Hall–Kier alpha value is -2.69. The zero-order chi connectivity index (χ0) is 25.2. The quantitative estimate of drug-likeness (QED) is 0.168. The molecule has 0 fully saturated rings. The second kappa shape index (κ2) is 10.5. The van der Waals surface area contributed by atoms with Crippen molar-refractivity contribution in [3.05, 3.63) is 74.6 Å². The second-order valence-electron chi connectivity index (χ2n) is 6.63. The number of halogens is 2. The molecule has 0 saturated carbocycles. The zero-order valence-electron chi connectivity index (χ0n) is 17.1. The molecule has 4 aromatic rings. The Labute approximate surface area is 215 Å². The summed E-state index contributed by atoms with van der Waals surface area (Å²) in [4.78, 5) is 34.2. The van der Waals surface area contributed by atoms with Gasteiger partial charge in [0.1, 0.15) is 10.5 Å². The third kappa shape index (κ3) is 5.76. The molecule has 16 heteroatoms. The number of urea groups is 1. The third-order valence-electron chi connectivity index (χ3n) is 4.40. The Morgan fingerprint density at radius 3 is 2.63 bits per heavy atom. The average molecular weight is 574 g/mol. The Balaban J connectivity index is 1.56. The fourth-order valence-corrected chi connectivity index (χ4v) is 6.00. The third-order valence-corrected chi connectivity index (χ3v) is 8.35. The number of aromatic nitrogens is 2. The van der Waals surface area contributed by atoms with Gasteiger partial charge in [0, 0.05) is 10.6 Å². The van der Waals surface area contributed by atoms with Crippen molar-refractivity contribution in [2.75, 3.05) is 5.32 Å². The van der Waals surface area contributed by atoms with Gasteiger partial charge in [-0.15, -0.1) is 20.7 Å². The number of nitrogens with zero attached hydrogens (tertiary/aromatic N) is 2. The van der Waals surface area contributed by atoms with Gasteiger partial charge in [-0.05, 0) is 48.5 Å². The lowest BCUT2D eigenvalue weighted by atomic mass is 10.2. The number of fused-ring (bicyclic) bond motifs is 1. The van der Waals surface area contributed by atoms with Gasteiger partial charge in [0.2, 0.25) is 0 Å². The number of benzene rings is 2. The van der Waals surface area contributed by atoms with Crippen molar-refractivity contribution in [3.63, 3.8) is 0 Å². The number of anilines is 1. The van der Waals surface area contributed by atoms with Crippen LogP contribution in [0.15, 0.2) is 68.8 Å². The maximum atomic E-state index is 13.1. The first-order valence-corrected chi connectivity index (χ1v) is 13.1. The highest BCUT2D eigenvalue weighted by Crippen LogP contribution is 2.27. The van der Waals surface area contributed by atoms with Crippen LogP contribution in [-0.2, 0) is 19.3 Å².